The minimum Gasteiger partial charge on any atom is -0.374 e. The fraction of sp³-hybridized carbons (Fsp3) is 0.200. The van der Waals surface area contributed by atoms with Crippen LogP contribution in [-0.4, -0.2) is 21.7 Å². The summed E-state index contributed by atoms with van der Waals surface area (Å²) in [4.78, 5) is 12.4. The summed E-state index contributed by atoms with van der Waals surface area (Å²) in [7, 11) is 0. The Hall–Kier alpha value is -3.00. The van der Waals surface area contributed by atoms with Crippen LogP contribution in [0, 0.1) is 0 Å². The van der Waals surface area contributed by atoms with Crippen LogP contribution in [0.1, 0.15) is 18.1 Å². The van der Waals surface area contributed by atoms with Crippen molar-refractivity contribution in [3.05, 3.63) is 77.1 Å². The summed E-state index contributed by atoms with van der Waals surface area (Å²) in [5.41, 5.74) is 0.299. The maximum absolute atomic E-state index is 13.2. The number of carbonyl (C=O) groups excluding carboxylic acids is 1. The van der Waals surface area contributed by atoms with Crippen LogP contribution < -0.4 is 10.6 Å². The Morgan fingerprint density at radius 3 is 2.69 bits per heavy atom. The lowest BCUT2D eigenvalue weighted by Gasteiger charge is -2.18. The van der Waals surface area contributed by atoms with Crippen LogP contribution in [0.25, 0.3) is 0 Å². The van der Waals surface area contributed by atoms with Gasteiger partial charge >= 0.3 is 6.18 Å². The van der Waals surface area contributed by atoms with Gasteiger partial charge in [-0.2, -0.15) is 18.3 Å². The number of halogens is 4. The average molecular weight is 423 g/mol. The van der Waals surface area contributed by atoms with Crippen LogP contribution in [-0.2, 0) is 17.5 Å². The molecule has 152 valence electrons. The first-order chi connectivity index (χ1) is 13.7. The van der Waals surface area contributed by atoms with Crippen molar-refractivity contribution in [2.45, 2.75) is 25.7 Å². The summed E-state index contributed by atoms with van der Waals surface area (Å²) in [6.07, 6.45) is -1.12. The van der Waals surface area contributed by atoms with E-state index in [1.807, 2.05) is 30.5 Å². The van der Waals surface area contributed by atoms with Crippen molar-refractivity contribution in [3.8, 4) is 0 Å². The van der Waals surface area contributed by atoms with Gasteiger partial charge in [0.25, 0.3) is 0 Å². The van der Waals surface area contributed by atoms with Gasteiger partial charge in [0.2, 0.25) is 5.91 Å². The summed E-state index contributed by atoms with van der Waals surface area (Å²) in [6.45, 7) is 2.13. The molecule has 1 aromatic heterocycles. The number of nitrogens with zero attached hydrogens (tertiary/aromatic N) is 2. The molecule has 0 spiro atoms. The summed E-state index contributed by atoms with van der Waals surface area (Å²) < 4.78 is 41.3. The van der Waals surface area contributed by atoms with Gasteiger partial charge in [-0.1, -0.05) is 23.7 Å². The lowest BCUT2D eigenvalue weighted by molar-refractivity contribution is -0.137. The fourth-order valence-electron chi connectivity index (χ4n) is 2.76. The van der Waals surface area contributed by atoms with E-state index < -0.39 is 23.7 Å². The summed E-state index contributed by atoms with van der Waals surface area (Å²) in [5, 5.41) is 9.41. The summed E-state index contributed by atoms with van der Waals surface area (Å²) in [5.74, 6) is -0.602. The van der Waals surface area contributed by atoms with Crippen molar-refractivity contribution in [2.75, 3.05) is 10.6 Å². The molecule has 3 aromatic rings. The van der Waals surface area contributed by atoms with Crippen LogP contribution in [0.5, 0.6) is 0 Å². The van der Waals surface area contributed by atoms with E-state index in [4.69, 9.17) is 11.6 Å². The number of benzene rings is 2. The molecule has 0 aliphatic rings. The van der Waals surface area contributed by atoms with Crippen molar-refractivity contribution in [3.63, 3.8) is 0 Å². The first-order valence-electron chi connectivity index (χ1n) is 8.73. The van der Waals surface area contributed by atoms with Gasteiger partial charge in [-0.15, -0.1) is 0 Å². The van der Waals surface area contributed by atoms with Crippen molar-refractivity contribution < 1.29 is 18.0 Å². The minimum atomic E-state index is -4.63. The van der Waals surface area contributed by atoms with Crippen LogP contribution in [0.15, 0.2) is 60.9 Å². The monoisotopic (exact) mass is 422 g/mol. The molecular weight excluding hydrogens is 405 g/mol. The molecule has 2 N–H and O–H groups in total. The second-order valence-electron chi connectivity index (χ2n) is 6.45. The smallest absolute Gasteiger partial charge is 0.374 e. The zero-order valence-electron chi connectivity index (χ0n) is 15.4. The van der Waals surface area contributed by atoms with Gasteiger partial charge in [0.05, 0.1) is 17.8 Å². The normalized spacial score (nSPS) is 12.4. The highest BCUT2D eigenvalue weighted by atomic mass is 35.5. The van der Waals surface area contributed by atoms with Gasteiger partial charge in [-0.05, 0) is 48.9 Å². The number of carbonyl (C=O) groups is 1. The molecule has 3 rings (SSSR count). The zero-order valence-corrected chi connectivity index (χ0v) is 16.1. The molecule has 1 unspecified atom stereocenters. The Morgan fingerprint density at radius 1 is 1.21 bits per heavy atom. The molecule has 0 saturated heterocycles. The van der Waals surface area contributed by atoms with E-state index in [0.717, 1.165) is 17.7 Å². The van der Waals surface area contributed by atoms with Crippen LogP contribution in [0.2, 0.25) is 5.02 Å². The molecule has 0 aliphatic heterocycles. The third-order valence-electron chi connectivity index (χ3n) is 4.15. The number of hydrogen-bond donors (Lipinski definition) is 2. The summed E-state index contributed by atoms with van der Waals surface area (Å²) >= 11 is 5.66. The Labute approximate surface area is 170 Å². The van der Waals surface area contributed by atoms with E-state index in [0.29, 0.717) is 12.2 Å². The predicted octanol–water partition coefficient (Wildman–Crippen LogP) is 5.04. The average Bonchev–Trinajstić information content (AvgIpc) is 3.15. The molecule has 9 heteroatoms. The lowest BCUT2D eigenvalue weighted by Crippen LogP contribution is -2.32. The third-order valence-corrected chi connectivity index (χ3v) is 4.39. The highest BCUT2D eigenvalue weighted by molar-refractivity contribution is 6.30. The predicted molar refractivity (Wildman–Crippen MR) is 106 cm³/mol. The molecule has 5 nitrogen and oxygen atoms in total. The number of aromatic nitrogens is 2. The van der Waals surface area contributed by atoms with Gasteiger partial charge in [0.15, 0.2) is 0 Å². The number of alkyl halides is 3. The van der Waals surface area contributed by atoms with Crippen LogP contribution >= 0.6 is 11.6 Å². The molecule has 2 aromatic carbocycles. The van der Waals surface area contributed by atoms with Gasteiger partial charge in [-0.25, -0.2) is 0 Å². The summed E-state index contributed by atoms with van der Waals surface area (Å²) in [6, 6.07) is 11.6. The maximum atomic E-state index is 13.2. The molecule has 1 amide bonds. The molecule has 0 radical (unpaired) electrons. The Morgan fingerprint density at radius 2 is 2.00 bits per heavy atom. The number of amides is 1. The Bertz CT molecular complexity index is 990. The maximum Gasteiger partial charge on any atom is 0.418 e. The van der Waals surface area contributed by atoms with Gasteiger partial charge in [-0.3, -0.25) is 9.48 Å². The minimum absolute atomic E-state index is 0.0597. The number of rotatable bonds is 6. The van der Waals surface area contributed by atoms with Crippen molar-refractivity contribution in [1.82, 2.24) is 9.78 Å². The van der Waals surface area contributed by atoms with Gasteiger partial charge < -0.3 is 10.6 Å². The van der Waals surface area contributed by atoms with E-state index >= 15 is 0 Å². The number of nitrogens with one attached hydrogen (secondary N) is 2. The van der Waals surface area contributed by atoms with E-state index in [1.54, 1.807) is 23.9 Å². The third kappa shape index (κ3) is 5.51. The zero-order chi connectivity index (χ0) is 21.0. The molecule has 1 atom stereocenters. The fourth-order valence-corrected chi connectivity index (χ4v) is 2.93. The lowest BCUT2D eigenvalue weighted by atomic mass is 10.1. The molecule has 0 fully saturated rings. The topological polar surface area (TPSA) is 59.0 Å². The van der Waals surface area contributed by atoms with E-state index in [1.165, 1.54) is 6.07 Å². The standard InChI is InChI=1S/C20H18ClF3N4O/c1-13(19(29)27-18-7-6-15(21)11-17(18)20(22,23)24)26-16-5-2-4-14(10-16)12-28-9-3-8-25-28/h2-11,13,26H,12H2,1H3,(H,27,29). The largest absolute Gasteiger partial charge is 0.418 e. The second kappa shape index (κ2) is 8.57. The number of hydrogen-bond acceptors (Lipinski definition) is 3. The molecule has 0 saturated carbocycles. The second-order valence-corrected chi connectivity index (χ2v) is 6.88. The van der Waals surface area contributed by atoms with Crippen LogP contribution in [0.3, 0.4) is 0 Å². The van der Waals surface area contributed by atoms with E-state index in [2.05, 4.69) is 15.7 Å². The quantitative estimate of drug-likeness (QED) is 0.585. The Balaban J connectivity index is 1.69. The van der Waals surface area contributed by atoms with Gasteiger partial charge in [0.1, 0.15) is 6.04 Å². The molecule has 29 heavy (non-hydrogen) atoms. The van der Waals surface area contributed by atoms with Crippen LogP contribution in [0.4, 0.5) is 24.5 Å². The molecule has 0 bridgehead atoms. The first kappa shape index (κ1) is 20.7. The van der Waals surface area contributed by atoms with Gasteiger partial charge in [0, 0.05) is 23.1 Å². The number of anilines is 2. The molecular formula is C20H18ClF3N4O. The van der Waals surface area contributed by atoms with E-state index in [9.17, 15) is 18.0 Å². The highest BCUT2D eigenvalue weighted by Crippen LogP contribution is 2.36. The molecule has 1 heterocycles. The van der Waals surface area contributed by atoms with Crippen molar-refractivity contribution >= 4 is 28.9 Å². The first-order valence-corrected chi connectivity index (χ1v) is 9.10. The Kier molecular flexibility index (Phi) is 6.12. The SMILES string of the molecule is CC(Nc1cccc(Cn2cccn2)c1)C(=O)Nc1ccc(Cl)cc1C(F)(F)F. The molecule has 0 aliphatic carbocycles. The van der Waals surface area contributed by atoms with Crippen molar-refractivity contribution in [2.24, 2.45) is 0 Å². The van der Waals surface area contributed by atoms with E-state index in [-0.39, 0.29) is 10.7 Å². The van der Waals surface area contributed by atoms with Crippen molar-refractivity contribution in [1.29, 1.82) is 0 Å². The highest BCUT2D eigenvalue weighted by Gasteiger charge is 2.34.